The summed E-state index contributed by atoms with van der Waals surface area (Å²) in [6.07, 6.45) is -3.89. The molecule has 1 heterocycles. The van der Waals surface area contributed by atoms with E-state index in [0.29, 0.717) is 4.47 Å². The molecule has 1 aromatic rings. The van der Waals surface area contributed by atoms with Crippen LogP contribution in [0.5, 0.6) is 0 Å². The Morgan fingerprint density at radius 3 is 2.78 bits per heavy atom. The van der Waals surface area contributed by atoms with Crippen molar-refractivity contribution in [2.24, 2.45) is 0 Å². The molecule has 0 aliphatic rings. The van der Waals surface area contributed by atoms with Crippen LogP contribution >= 0.6 is 27.5 Å². The van der Waals surface area contributed by atoms with Crippen LogP contribution in [0.1, 0.15) is 23.2 Å². The second-order valence-electron chi connectivity index (χ2n) is 3.47. The van der Waals surface area contributed by atoms with Crippen LogP contribution in [0.4, 0.5) is 13.2 Å². The average Bonchev–Trinajstić information content (AvgIpc) is 2.26. The minimum atomic E-state index is -4.21. The molecule has 8 heteroatoms. The van der Waals surface area contributed by atoms with E-state index in [1.54, 1.807) is 0 Å². The van der Waals surface area contributed by atoms with Crippen molar-refractivity contribution in [1.82, 2.24) is 10.3 Å². The van der Waals surface area contributed by atoms with Gasteiger partial charge in [-0.2, -0.15) is 13.2 Å². The SMILES string of the molecule is O=C(NCCCC(F)(F)F)c1cc(Br)cnc1Cl. The van der Waals surface area contributed by atoms with Crippen LogP contribution in [-0.2, 0) is 0 Å². The van der Waals surface area contributed by atoms with Gasteiger partial charge in [0, 0.05) is 23.6 Å². The predicted octanol–water partition coefficient (Wildman–Crippen LogP) is 3.57. The van der Waals surface area contributed by atoms with Crippen molar-refractivity contribution in [3.05, 3.63) is 27.5 Å². The molecule has 0 aliphatic carbocycles. The molecule has 0 saturated carbocycles. The van der Waals surface area contributed by atoms with Crippen molar-refractivity contribution in [2.45, 2.75) is 19.0 Å². The van der Waals surface area contributed by atoms with Gasteiger partial charge < -0.3 is 5.32 Å². The summed E-state index contributed by atoms with van der Waals surface area (Å²) in [5.74, 6) is -0.545. The summed E-state index contributed by atoms with van der Waals surface area (Å²) in [5.41, 5.74) is 0.123. The predicted molar refractivity (Wildman–Crippen MR) is 64.6 cm³/mol. The minimum absolute atomic E-state index is 0.00604. The Morgan fingerprint density at radius 2 is 2.17 bits per heavy atom. The fraction of sp³-hybridized carbons (Fsp3) is 0.400. The molecule has 0 aromatic carbocycles. The van der Waals surface area contributed by atoms with Gasteiger partial charge in [-0.3, -0.25) is 4.79 Å². The van der Waals surface area contributed by atoms with E-state index in [4.69, 9.17) is 11.6 Å². The normalized spacial score (nSPS) is 11.4. The number of nitrogens with one attached hydrogen (secondary N) is 1. The van der Waals surface area contributed by atoms with Gasteiger partial charge in [-0.05, 0) is 28.4 Å². The van der Waals surface area contributed by atoms with Gasteiger partial charge in [-0.25, -0.2) is 4.98 Å². The maximum absolute atomic E-state index is 11.9. The van der Waals surface area contributed by atoms with E-state index in [0.717, 1.165) is 0 Å². The zero-order valence-electron chi connectivity index (χ0n) is 9.02. The molecule has 0 fully saturated rings. The third-order valence-corrected chi connectivity index (χ3v) is 2.71. The maximum Gasteiger partial charge on any atom is 0.389 e. The highest BCUT2D eigenvalue weighted by molar-refractivity contribution is 9.10. The standard InChI is InChI=1S/C10H9BrClF3N2O/c11-6-4-7(8(12)17-5-6)9(18)16-3-1-2-10(13,14)15/h4-5H,1-3H2,(H,16,18). The van der Waals surface area contributed by atoms with Gasteiger partial charge in [0.1, 0.15) is 5.15 Å². The van der Waals surface area contributed by atoms with Crippen molar-refractivity contribution in [3.8, 4) is 0 Å². The Bertz CT molecular complexity index is 440. The van der Waals surface area contributed by atoms with Gasteiger partial charge in [-0.15, -0.1) is 0 Å². The largest absolute Gasteiger partial charge is 0.389 e. The van der Waals surface area contributed by atoms with Crippen molar-refractivity contribution in [3.63, 3.8) is 0 Å². The molecule has 1 rings (SSSR count). The van der Waals surface area contributed by atoms with Gasteiger partial charge in [0.2, 0.25) is 0 Å². The number of carbonyl (C=O) groups is 1. The molecule has 0 atom stereocenters. The Kier molecular flexibility index (Phi) is 5.40. The van der Waals surface area contributed by atoms with E-state index in [1.807, 2.05) is 0 Å². The lowest BCUT2D eigenvalue weighted by Crippen LogP contribution is -2.26. The topological polar surface area (TPSA) is 42.0 Å². The number of amides is 1. The van der Waals surface area contributed by atoms with Crippen LogP contribution in [0.15, 0.2) is 16.7 Å². The second-order valence-corrected chi connectivity index (χ2v) is 4.74. The highest BCUT2D eigenvalue weighted by Gasteiger charge is 2.26. The molecule has 1 N–H and O–H groups in total. The number of hydrogen-bond acceptors (Lipinski definition) is 2. The molecule has 0 spiro atoms. The van der Waals surface area contributed by atoms with Crippen molar-refractivity contribution >= 4 is 33.4 Å². The summed E-state index contributed by atoms with van der Waals surface area (Å²) in [5, 5.41) is 2.36. The molecule has 100 valence electrons. The van der Waals surface area contributed by atoms with Gasteiger partial charge >= 0.3 is 6.18 Å². The molecule has 0 unspecified atom stereocenters. The van der Waals surface area contributed by atoms with Crippen LogP contribution in [-0.4, -0.2) is 23.6 Å². The van der Waals surface area contributed by atoms with Crippen LogP contribution in [0, 0.1) is 0 Å². The van der Waals surface area contributed by atoms with Crippen LogP contribution in [0.2, 0.25) is 5.15 Å². The van der Waals surface area contributed by atoms with Crippen LogP contribution in [0.3, 0.4) is 0 Å². The first kappa shape index (κ1) is 15.2. The lowest BCUT2D eigenvalue weighted by molar-refractivity contribution is -0.135. The fourth-order valence-electron chi connectivity index (χ4n) is 1.17. The Morgan fingerprint density at radius 1 is 1.50 bits per heavy atom. The number of rotatable bonds is 4. The number of halogens is 5. The lowest BCUT2D eigenvalue weighted by atomic mass is 10.2. The number of hydrogen-bond donors (Lipinski definition) is 1. The van der Waals surface area contributed by atoms with E-state index in [9.17, 15) is 18.0 Å². The van der Waals surface area contributed by atoms with Crippen molar-refractivity contribution in [1.29, 1.82) is 0 Å². The number of aromatic nitrogens is 1. The van der Waals surface area contributed by atoms with E-state index in [1.165, 1.54) is 12.3 Å². The highest BCUT2D eigenvalue weighted by Crippen LogP contribution is 2.21. The van der Waals surface area contributed by atoms with E-state index < -0.39 is 18.5 Å². The van der Waals surface area contributed by atoms with E-state index in [-0.39, 0.29) is 23.7 Å². The monoisotopic (exact) mass is 344 g/mol. The quantitative estimate of drug-likeness (QED) is 0.669. The fourth-order valence-corrected chi connectivity index (χ4v) is 1.69. The molecule has 0 saturated heterocycles. The summed E-state index contributed by atoms with van der Waals surface area (Å²) in [7, 11) is 0. The van der Waals surface area contributed by atoms with E-state index in [2.05, 4.69) is 26.2 Å². The van der Waals surface area contributed by atoms with Crippen LogP contribution in [0.25, 0.3) is 0 Å². The van der Waals surface area contributed by atoms with E-state index >= 15 is 0 Å². The molecule has 1 amide bonds. The molecule has 0 radical (unpaired) electrons. The molecule has 1 aromatic heterocycles. The zero-order chi connectivity index (χ0) is 13.8. The smallest absolute Gasteiger partial charge is 0.352 e. The van der Waals surface area contributed by atoms with Crippen molar-refractivity contribution in [2.75, 3.05) is 6.54 Å². The zero-order valence-corrected chi connectivity index (χ0v) is 11.4. The van der Waals surface area contributed by atoms with Gasteiger partial charge in [0.15, 0.2) is 0 Å². The Hall–Kier alpha value is -0.820. The average molecular weight is 346 g/mol. The lowest BCUT2D eigenvalue weighted by Gasteiger charge is -2.08. The van der Waals surface area contributed by atoms with Gasteiger partial charge in [0.05, 0.1) is 5.56 Å². The first-order valence-electron chi connectivity index (χ1n) is 4.95. The summed E-state index contributed by atoms with van der Waals surface area (Å²) in [6.45, 7) is -0.0683. The third-order valence-electron chi connectivity index (χ3n) is 1.97. The first-order valence-corrected chi connectivity index (χ1v) is 6.12. The highest BCUT2D eigenvalue weighted by atomic mass is 79.9. The molecular formula is C10H9BrClF3N2O. The summed E-state index contributed by atoms with van der Waals surface area (Å²) >= 11 is 8.83. The first-order chi connectivity index (χ1) is 8.29. The second kappa shape index (κ2) is 6.38. The summed E-state index contributed by atoms with van der Waals surface area (Å²) < 4.78 is 36.2. The number of nitrogens with zero attached hydrogens (tertiary/aromatic N) is 1. The number of pyridine rings is 1. The van der Waals surface area contributed by atoms with Crippen LogP contribution < -0.4 is 5.32 Å². The molecule has 0 aliphatic heterocycles. The Balaban J connectivity index is 2.48. The third kappa shape index (κ3) is 5.22. The van der Waals surface area contributed by atoms with Gasteiger partial charge in [-0.1, -0.05) is 11.6 Å². The minimum Gasteiger partial charge on any atom is -0.352 e. The maximum atomic E-state index is 11.9. The molecule has 18 heavy (non-hydrogen) atoms. The van der Waals surface area contributed by atoms with Crippen molar-refractivity contribution < 1.29 is 18.0 Å². The summed E-state index contributed by atoms with van der Waals surface area (Å²) in [6, 6.07) is 1.45. The molecule has 0 bridgehead atoms. The Labute approximate surface area is 115 Å². The number of carbonyl (C=O) groups excluding carboxylic acids is 1. The number of alkyl halides is 3. The molecule has 3 nitrogen and oxygen atoms in total. The van der Waals surface area contributed by atoms with Gasteiger partial charge in [0.25, 0.3) is 5.91 Å². The summed E-state index contributed by atoms with van der Waals surface area (Å²) in [4.78, 5) is 15.3. The molecular weight excluding hydrogens is 336 g/mol.